The minimum Gasteiger partial charge on any atom is -0.349 e. The molecule has 0 saturated carbocycles. The van der Waals surface area contributed by atoms with Crippen molar-refractivity contribution in [3.63, 3.8) is 0 Å². The standard InChI is InChI=1S/C21H28N2O3S/c1-15(2)17(4)22-21(24)19-11-9-18(10-12-19)14-23(27(5,25)26)20-8-6-7-16(3)13-20/h6-13,15,17H,14H2,1-5H3,(H,22,24). The van der Waals surface area contributed by atoms with E-state index in [2.05, 4.69) is 19.2 Å². The highest BCUT2D eigenvalue weighted by molar-refractivity contribution is 7.92. The zero-order valence-corrected chi connectivity index (χ0v) is 17.4. The van der Waals surface area contributed by atoms with Gasteiger partial charge in [-0.2, -0.15) is 0 Å². The molecule has 0 spiro atoms. The molecule has 6 heteroatoms. The maximum atomic E-state index is 12.3. The van der Waals surface area contributed by atoms with E-state index in [0.717, 1.165) is 11.1 Å². The number of sulfonamides is 1. The largest absolute Gasteiger partial charge is 0.349 e. The maximum absolute atomic E-state index is 12.3. The highest BCUT2D eigenvalue weighted by Crippen LogP contribution is 2.22. The van der Waals surface area contributed by atoms with Crippen LogP contribution < -0.4 is 9.62 Å². The molecular weight excluding hydrogens is 360 g/mol. The molecule has 2 aromatic rings. The Hall–Kier alpha value is -2.34. The number of amides is 1. The van der Waals surface area contributed by atoms with Crippen LogP contribution in [0.25, 0.3) is 0 Å². The van der Waals surface area contributed by atoms with Crippen molar-refractivity contribution in [2.45, 2.75) is 40.3 Å². The first-order valence-electron chi connectivity index (χ1n) is 9.02. The van der Waals surface area contributed by atoms with Crippen LogP contribution in [0.3, 0.4) is 0 Å². The quantitative estimate of drug-likeness (QED) is 0.786. The smallest absolute Gasteiger partial charge is 0.251 e. The van der Waals surface area contributed by atoms with Gasteiger partial charge in [0, 0.05) is 11.6 Å². The highest BCUT2D eigenvalue weighted by Gasteiger charge is 2.18. The van der Waals surface area contributed by atoms with Gasteiger partial charge in [-0.1, -0.05) is 38.1 Å². The second kappa shape index (κ2) is 8.57. The Bertz CT molecular complexity index is 890. The van der Waals surface area contributed by atoms with Gasteiger partial charge in [-0.3, -0.25) is 9.10 Å². The summed E-state index contributed by atoms with van der Waals surface area (Å²) in [5, 5.41) is 2.97. The molecule has 0 saturated heterocycles. The molecule has 0 fully saturated rings. The van der Waals surface area contributed by atoms with E-state index in [9.17, 15) is 13.2 Å². The van der Waals surface area contributed by atoms with Gasteiger partial charge < -0.3 is 5.32 Å². The van der Waals surface area contributed by atoms with Crippen LogP contribution in [0.5, 0.6) is 0 Å². The lowest BCUT2D eigenvalue weighted by Gasteiger charge is -2.23. The fourth-order valence-corrected chi connectivity index (χ4v) is 3.45. The second-order valence-electron chi connectivity index (χ2n) is 7.31. The minimum atomic E-state index is -3.43. The zero-order valence-electron chi connectivity index (χ0n) is 16.6. The molecule has 1 atom stereocenters. The number of rotatable bonds is 7. The molecule has 0 heterocycles. The molecule has 0 radical (unpaired) electrons. The van der Waals surface area contributed by atoms with E-state index in [-0.39, 0.29) is 18.5 Å². The molecule has 0 bridgehead atoms. The third-order valence-electron chi connectivity index (χ3n) is 4.59. The fourth-order valence-electron chi connectivity index (χ4n) is 2.57. The Balaban J connectivity index is 2.19. The van der Waals surface area contributed by atoms with Gasteiger partial charge in [-0.15, -0.1) is 0 Å². The Morgan fingerprint density at radius 1 is 1.07 bits per heavy atom. The van der Waals surface area contributed by atoms with Crippen LogP contribution in [-0.2, 0) is 16.6 Å². The number of benzene rings is 2. The number of anilines is 1. The van der Waals surface area contributed by atoms with Crippen molar-refractivity contribution < 1.29 is 13.2 Å². The van der Waals surface area contributed by atoms with Crippen LogP contribution in [0, 0.1) is 12.8 Å². The van der Waals surface area contributed by atoms with E-state index < -0.39 is 10.0 Å². The molecule has 0 aromatic heterocycles. The van der Waals surface area contributed by atoms with Crippen molar-refractivity contribution in [2.24, 2.45) is 5.92 Å². The molecule has 2 aromatic carbocycles. The van der Waals surface area contributed by atoms with Gasteiger partial charge in [0.2, 0.25) is 10.0 Å². The Morgan fingerprint density at radius 2 is 1.70 bits per heavy atom. The van der Waals surface area contributed by atoms with Crippen LogP contribution in [0.15, 0.2) is 48.5 Å². The van der Waals surface area contributed by atoms with Gasteiger partial charge >= 0.3 is 0 Å². The molecule has 146 valence electrons. The topological polar surface area (TPSA) is 66.5 Å². The first kappa shape index (κ1) is 21.0. The lowest BCUT2D eigenvalue weighted by molar-refractivity contribution is 0.0930. The van der Waals surface area contributed by atoms with Crippen molar-refractivity contribution in [3.8, 4) is 0 Å². The average Bonchev–Trinajstić information content (AvgIpc) is 2.59. The predicted molar refractivity (Wildman–Crippen MR) is 110 cm³/mol. The van der Waals surface area contributed by atoms with Gasteiger partial charge in [0.05, 0.1) is 18.5 Å². The second-order valence-corrected chi connectivity index (χ2v) is 9.22. The van der Waals surface area contributed by atoms with Crippen LogP contribution >= 0.6 is 0 Å². The zero-order chi connectivity index (χ0) is 20.2. The lowest BCUT2D eigenvalue weighted by Crippen LogP contribution is -2.36. The third kappa shape index (κ3) is 5.82. The van der Waals surface area contributed by atoms with Gasteiger partial charge in [0.25, 0.3) is 5.91 Å². The first-order chi connectivity index (χ1) is 12.6. The lowest BCUT2D eigenvalue weighted by atomic mass is 10.1. The van der Waals surface area contributed by atoms with Gasteiger partial charge in [-0.25, -0.2) is 8.42 Å². The van der Waals surface area contributed by atoms with Gasteiger partial charge in [-0.05, 0) is 55.2 Å². The molecule has 1 N–H and O–H groups in total. The summed E-state index contributed by atoms with van der Waals surface area (Å²) in [6, 6.07) is 14.5. The van der Waals surface area contributed by atoms with Crippen LogP contribution in [-0.4, -0.2) is 26.6 Å². The van der Waals surface area contributed by atoms with Crippen molar-refractivity contribution in [3.05, 3.63) is 65.2 Å². The molecule has 0 aliphatic heterocycles. The molecule has 1 unspecified atom stereocenters. The normalized spacial score (nSPS) is 12.7. The van der Waals surface area contributed by atoms with E-state index in [1.165, 1.54) is 10.6 Å². The number of nitrogens with zero attached hydrogens (tertiary/aromatic N) is 1. The number of carbonyl (C=O) groups is 1. The predicted octanol–water partition coefficient (Wildman–Crippen LogP) is 3.74. The Kier molecular flexibility index (Phi) is 6.65. The summed E-state index contributed by atoms with van der Waals surface area (Å²) in [5.41, 5.74) is 3.00. The summed E-state index contributed by atoms with van der Waals surface area (Å²) < 4.78 is 25.9. The Labute approximate surface area is 162 Å². The van der Waals surface area contributed by atoms with Crippen LogP contribution in [0.2, 0.25) is 0 Å². The summed E-state index contributed by atoms with van der Waals surface area (Å²) in [5.74, 6) is 0.229. The van der Waals surface area contributed by atoms with E-state index in [1.54, 1.807) is 30.3 Å². The highest BCUT2D eigenvalue weighted by atomic mass is 32.2. The molecular formula is C21H28N2O3S. The first-order valence-corrected chi connectivity index (χ1v) is 10.9. The van der Waals surface area contributed by atoms with Crippen molar-refractivity contribution in [2.75, 3.05) is 10.6 Å². The number of aryl methyl sites for hydroxylation is 1. The van der Waals surface area contributed by atoms with Crippen molar-refractivity contribution in [1.82, 2.24) is 5.32 Å². The number of hydrogen-bond acceptors (Lipinski definition) is 3. The number of carbonyl (C=O) groups excluding carboxylic acids is 1. The van der Waals surface area contributed by atoms with E-state index in [0.29, 0.717) is 17.2 Å². The van der Waals surface area contributed by atoms with Gasteiger partial charge in [0.15, 0.2) is 0 Å². The SMILES string of the molecule is Cc1cccc(N(Cc2ccc(C(=O)NC(C)C(C)C)cc2)S(C)(=O)=O)c1. The van der Waals surface area contributed by atoms with Crippen molar-refractivity contribution in [1.29, 1.82) is 0 Å². The maximum Gasteiger partial charge on any atom is 0.251 e. The summed E-state index contributed by atoms with van der Waals surface area (Å²) in [7, 11) is -3.43. The monoisotopic (exact) mass is 388 g/mol. The fraction of sp³-hybridized carbons (Fsp3) is 0.381. The van der Waals surface area contributed by atoms with E-state index in [1.807, 2.05) is 32.0 Å². The molecule has 5 nitrogen and oxygen atoms in total. The van der Waals surface area contributed by atoms with Crippen molar-refractivity contribution >= 4 is 21.6 Å². The Morgan fingerprint density at radius 3 is 2.22 bits per heavy atom. The number of hydrogen-bond donors (Lipinski definition) is 1. The third-order valence-corrected chi connectivity index (χ3v) is 5.73. The van der Waals surface area contributed by atoms with E-state index in [4.69, 9.17) is 0 Å². The van der Waals surface area contributed by atoms with Crippen LogP contribution in [0.1, 0.15) is 42.3 Å². The summed E-state index contributed by atoms with van der Waals surface area (Å²) in [4.78, 5) is 12.3. The number of nitrogens with one attached hydrogen (secondary N) is 1. The summed E-state index contributed by atoms with van der Waals surface area (Å²) >= 11 is 0. The average molecular weight is 389 g/mol. The molecule has 2 rings (SSSR count). The summed E-state index contributed by atoms with van der Waals surface area (Å²) in [6.07, 6.45) is 1.20. The van der Waals surface area contributed by atoms with E-state index >= 15 is 0 Å². The minimum absolute atomic E-state index is 0.0826. The molecule has 0 aliphatic carbocycles. The van der Waals surface area contributed by atoms with Crippen LogP contribution in [0.4, 0.5) is 5.69 Å². The van der Waals surface area contributed by atoms with Gasteiger partial charge in [0.1, 0.15) is 0 Å². The summed E-state index contributed by atoms with van der Waals surface area (Å²) in [6.45, 7) is 8.23. The molecule has 0 aliphatic rings. The molecule has 1 amide bonds. The molecule has 27 heavy (non-hydrogen) atoms.